The number of benzene rings is 1. The van der Waals surface area contributed by atoms with Gasteiger partial charge in [-0.05, 0) is 44.4 Å². The highest BCUT2D eigenvalue weighted by Gasteiger charge is 2.32. The van der Waals surface area contributed by atoms with Gasteiger partial charge in [0.1, 0.15) is 5.82 Å². The molecule has 0 radical (unpaired) electrons. The second kappa shape index (κ2) is 8.48. The lowest BCUT2D eigenvalue weighted by molar-refractivity contribution is -0.124. The highest BCUT2D eigenvalue weighted by Crippen LogP contribution is 2.20. The minimum atomic E-state index is -0.175. The Morgan fingerprint density at radius 3 is 2.70 bits per heavy atom. The van der Waals surface area contributed by atoms with Gasteiger partial charge >= 0.3 is 0 Å². The standard InChI is InChI=1S/C20H23ClN4O2/c1-13-18(11-23-14(2)24-13)20(27)25-10-8-16(12-25)19(26)22-9-7-15-3-5-17(21)6-4-15/h3-6,11,16H,7-10,12H2,1-2H3,(H,22,26). The van der Waals surface area contributed by atoms with E-state index < -0.39 is 0 Å². The Balaban J connectivity index is 1.50. The zero-order valence-electron chi connectivity index (χ0n) is 15.5. The molecule has 2 aromatic rings. The van der Waals surface area contributed by atoms with Crippen LogP contribution in [-0.2, 0) is 11.2 Å². The summed E-state index contributed by atoms with van der Waals surface area (Å²) in [4.78, 5) is 35.2. The lowest BCUT2D eigenvalue weighted by atomic mass is 10.1. The van der Waals surface area contributed by atoms with Crippen LogP contribution in [0.2, 0.25) is 5.02 Å². The van der Waals surface area contributed by atoms with E-state index in [0.717, 1.165) is 12.0 Å². The fourth-order valence-electron chi connectivity index (χ4n) is 3.25. The maximum Gasteiger partial charge on any atom is 0.257 e. The molecule has 1 aliphatic heterocycles. The first kappa shape index (κ1) is 19.3. The molecule has 142 valence electrons. The van der Waals surface area contributed by atoms with Crippen LogP contribution in [0, 0.1) is 19.8 Å². The molecule has 1 fully saturated rings. The first-order chi connectivity index (χ1) is 12.9. The second-order valence-electron chi connectivity index (χ2n) is 6.82. The molecule has 3 rings (SSSR count). The molecule has 2 heterocycles. The number of nitrogens with zero attached hydrogens (tertiary/aromatic N) is 3. The maximum atomic E-state index is 12.7. The topological polar surface area (TPSA) is 75.2 Å². The number of carbonyl (C=O) groups excluding carboxylic acids is 2. The van der Waals surface area contributed by atoms with Crippen LogP contribution in [0.25, 0.3) is 0 Å². The SMILES string of the molecule is Cc1ncc(C(=O)N2CCC(C(=O)NCCc3ccc(Cl)cc3)C2)c(C)n1. The number of hydrogen-bond donors (Lipinski definition) is 1. The van der Waals surface area contributed by atoms with Gasteiger partial charge in [-0.15, -0.1) is 0 Å². The Morgan fingerprint density at radius 2 is 2.00 bits per heavy atom. The molecule has 6 nitrogen and oxygen atoms in total. The van der Waals surface area contributed by atoms with Gasteiger partial charge in [-0.1, -0.05) is 23.7 Å². The molecule has 0 spiro atoms. The van der Waals surface area contributed by atoms with Gasteiger partial charge in [-0.2, -0.15) is 0 Å². The molecule has 7 heteroatoms. The smallest absolute Gasteiger partial charge is 0.257 e. The van der Waals surface area contributed by atoms with Crippen LogP contribution in [0.1, 0.15) is 33.9 Å². The highest BCUT2D eigenvalue weighted by atomic mass is 35.5. The second-order valence-corrected chi connectivity index (χ2v) is 7.26. The van der Waals surface area contributed by atoms with E-state index in [9.17, 15) is 9.59 Å². The summed E-state index contributed by atoms with van der Waals surface area (Å²) in [5.74, 6) is 0.356. The predicted molar refractivity (Wildman–Crippen MR) is 104 cm³/mol. The van der Waals surface area contributed by atoms with Gasteiger partial charge in [0.25, 0.3) is 5.91 Å². The lowest BCUT2D eigenvalue weighted by Crippen LogP contribution is -2.35. The van der Waals surface area contributed by atoms with Crippen molar-refractivity contribution in [1.29, 1.82) is 0 Å². The fraction of sp³-hybridized carbons (Fsp3) is 0.400. The van der Waals surface area contributed by atoms with Crippen molar-refractivity contribution in [1.82, 2.24) is 20.2 Å². The Morgan fingerprint density at radius 1 is 1.26 bits per heavy atom. The zero-order chi connectivity index (χ0) is 19.4. The van der Waals surface area contributed by atoms with Crippen LogP contribution in [0.5, 0.6) is 0 Å². The molecular formula is C20H23ClN4O2. The number of amides is 2. The lowest BCUT2D eigenvalue weighted by Gasteiger charge is -2.17. The number of halogens is 1. The number of aromatic nitrogens is 2. The van der Waals surface area contributed by atoms with Crippen LogP contribution < -0.4 is 5.32 Å². The molecule has 2 amide bonds. The van der Waals surface area contributed by atoms with Gasteiger partial charge < -0.3 is 10.2 Å². The summed E-state index contributed by atoms with van der Waals surface area (Å²) < 4.78 is 0. The summed E-state index contributed by atoms with van der Waals surface area (Å²) in [6.07, 6.45) is 2.99. The number of carbonyl (C=O) groups is 2. The molecule has 1 saturated heterocycles. The number of likely N-dealkylation sites (tertiary alicyclic amines) is 1. The zero-order valence-corrected chi connectivity index (χ0v) is 16.3. The van der Waals surface area contributed by atoms with Crippen LogP contribution in [-0.4, -0.2) is 46.3 Å². The number of hydrogen-bond acceptors (Lipinski definition) is 4. The molecule has 1 aromatic heterocycles. The Bertz CT molecular complexity index is 838. The average molecular weight is 387 g/mol. The molecule has 0 bridgehead atoms. The summed E-state index contributed by atoms with van der Waals surface area (Å²) in [6.45, 7) is 5.16. The number of aryl methyl sites for hydroxylation is 2. The minimum absolute atomic E-state index is 0.00357. The van der Waals surface area contributed by atoms with Crippen LogP contribution >= 0.6 is 11.6 Å². The first-order valence-electron chi connectivity index (χ1n) is 9.05. The van der Waals surface area contributed by atoms with Crippen LogP contribution in [0.15, 0.2) is 30.5 Å². The van der Waals surface area contributed by atoms with Gasteiger partial charge in [0.2, 0.25) is 5.91 Å². The van der Waals surface area contributed by atoms with Crippen molar-refractivity contribution in [2.75, 3.05) is 19.6 Å². The molecule has 1 N–H and O–H groups in total. The third kappa shape index (κ3) is 4.83. The summed E-state index contributed by atoms with van der Waals surface area (Å²) in [5, 5.41) is 3.67. The van der Waals surface area contributed by atoms with Crippen molar-refractivity contribution in [3.8, 4) is 0 Å². The van der Waals surface area contributed by atoms with Crippen molar-refractivity contribution in [3.63, 3.8) is 0 Å². The van der Waals surface area contributed by atoms with E-state index in [1.165, 1.54) is 0 Å². The van der Waals surface area contributed by atoms with Crippen molar-refractivity contribution in [3.05, 3.63) is 58.1 Å². The van der Waals surface area contributed by atoms with E-state index in [1.807, 2.05) is 24.3 Å². The third-order valence-electron chi connectivity index (χ3n) is 4.80. The van der Waals surface area contributed by atoms with E-state index in [0.29, 0.717) is 48.2 Å². The average Bonchev–Trinajstić information content (AvgIpc) is 3.13. The Hall–Kier alpha value is -2.47. The van der Waals surface area contributed by atoms with E-state index in [4.69, 9.17) is 11.6 Å². The minimum Gasteiger partial charge on any atom is -0.355 e. The third-order valence-corrected chi connectivity index (χ3v) is 5.05. The van der Waals surface area contributed by atoms with E-state index in [2.05, 4.69) is 15.3 Å². The van der Waals surface area contributed by atoms with E-state index in [1.54, 1.807) is 24.9 Å². The van der Waals surface area contributed by atoms with E-state index >= 15 is 0 Å². The summed E-state index contributed by atoms with van der Waals surface area (Å²) in [6, 6.07) is 7.60. The normalized spacial score (nSPS) is 16.4. The largest absolute Gasteiger partial charge is 0.355 e. The highest BCUT2D eigenvalue weighted by molar-refractivity contribution is 6.30. The van der Waals surface area contributed by atoms with Gasteiger partial charge in [0.05, 0.1) is 17.2 Å². The molecule has 0 aliphatic carbocycles. The summed E-state index contributed by atoms with van der Waals surface area (Å²) >= 11 is 5.87. The molecule has 1 aromatic carbocycles. The maximum absolute atomic E-state index is 12.7. The molecule has 1 atom stereocenters. The van der Waals surface area contributed by atoms with Crippen LogP contribution in [0.4, 0.5) is 0 Å². The van der Waals surface area contributed by atoms with Gasteiger partial charge in [-0.25, -0.2) is 9.97 Å². The molecule has 0 saturated carbocycles. The quantitative estimate of drug-likeness (QED) is 0.856. The van der Waals surface area contributed by atoms with E-state index in [-0.39, 0.29) is 17.7 Å². The predicted octanol–water partition coefficient (Wildman–Crippen LogP) is 2.57. The van der Waals surface area contributed by atoms with Crippen molar-refractivity contribution >= 4 is 23.4 Å². The van der Waals surface area contributed by atoms with Gasteiger partial charge in [0, 0.05) is 30.9 Å². The molecule has 1 aliphatic rings. The van der Waals surface area contributed by atoms with Crippen molar-refractivity contribution < 1.29 is 9.59 Å². The Labute approximate surface area is 164 Å². The van der Waals surface area contributed by atoms with Crippen molar-refractivity contribution in [2.24, 2.45) is 5.92 Å². The monoisotopic (exact) mass is 386 g/mol. The number of nitrogens with one attached hydrogen (secondary N) is 1. The fourth-order valence-corrected chi connectivity index (χ4v) is 3.37. The summed E-state index contributed by atoms with van der Waals surface area (Å²) in [5.41, 5.74) is 2.30. The Kier molecular flexibility index (Phi) is 6.06. The summed E-state index contributed by atoms with van der Waals surface area (Å²) in [7, 11) is 0. The first-order valence-corrected chi connectivity index (χ1v) is 9.43. The molecule has 27 heavy (non-hydrogen) atoms. The van der Waals surface area contributed by atoms with Crippen molar-refractivity contribution in [2.45, 2.75) is 26.7 Å². The molecule has 1 unspecified atom stereocenters. The molecular weight excluding hydrogens is 364 g/mol. The number of rotatable bonds is 5. The van der Waals surface area contributed by atoms with Gasteiger partial charge in [0.15, 0.2) is 0 Å². The van der Waals surface area contributed by atoms with Gasteiger partial charge in [-0.3, -0.25) is 9.59 Å². The van der Waals surface area contributed by atoms with Crippen LogP contribution in [0.3, 0.4) is 0 Å².